The van der Waals surface area contributed by atoms with Crippen LogP contribution >= 0.6 is 15.9 Å². The number of nitrogens with zero attached hydrogens (tertiary/aromatic N) is 1. The average Bonchev–Trinajstić information content (AvgIpc) is 2.28. The van der Waals surface area contributed by atoms with Gasteiger partial charge in [0.25, 0.3) is 5.91 Å². The van der Waals surface area contributed by atoms with Crippen LogP contribution in [0.15, 0.2) is 22.7 Å². The zero-order chi connectivity index (χ0) is 13.0. The fourth-order valence-corrected chi connectivity index (χ4v) is 2.03. The molecule has 0 aromatic heterocycles. The van der Waals surface area contributed by atoms with Crippen molar-refractivity contribution in [1.29, 1.82) is 0 Å². The molecule has 4 heteroatoms. The molecule has 1 amide bonds. The highest BCUT2D eigenvalue weighted by Crippen LogP contribution is 2.24. The van der Waals surface area contributed by atoms with Crippen molar-refractivity contribution in [3.05, 3.63) is 28.2 Å². The lowest BCUT2D eigenvalue weighted by Crippen LogP contribution is -2.37. The van der Waals surface area contributed by atoms with E-state index in [2.05, 4.69) is 15.9 Å². The number of amides is 1. The highest BCUT2D eigenvalue weighted by atomic mass is 79.9. The Hall–Kier alpha value is -1.03. The lowest BCUT2D eigenvalue weighted by molar-refractivity contribution is 0.0703. The molecule has 3 nitrogen and oxygen atoms in total. The lowest BCUT2D eigenvalue weighted by atomic mass is 10.1. The average molecular weight is 300 g/mol. The van der Waals surface area contributed by atoms with Crippen molar-refractivity contribution >= 4 is 21.8 Å². The van der Waals surface area contributed by atoms with Gasteiger partial charge in [-0.25, -0.2) is 0 Å². The van der Waals surface area contributed by atoms with Crippen LogP contribution < -0.4 is 0 Å². The molecule has 0 atom stereocenters. The second-order valence-corrected chi connectivity index (χ2v) is 5.17. The molecular weight excluding hydrogens is 282 g/mol. The van der Waals surface area contributed by atoms with E-state index < -0.39 is 0 Å². The van der Waals surface area contributed by atoms with Gasteiger partial charge in [-0.1, -0.05) is 22.9 Å². The minimum atomic E-state index is -0.124. The number of halogens is 1. The van der Waals surface area contributed by atoms with E-state index in [4.69, 9.17) is 0 Å². The SMILES string of the molecule is CCCN(C(=O)c1cc(Br)ccc1O)C(C)C. The van der Waals surface area contributed by atoms with Crippen LogP contribution in [0.5, 0.6) is 5.75 Å². The monoisotopic (exact) mass is 299 g/mol. The number of phenolic OH excluding ortho intramolecular Hbond substituents is 1. The summed E-state index contributed by atoms with van der Waals surface area (Å²) in [6.45, 7) is 6.68. The van der Waals surface area contributed by atoms with Crippen molar-refractivity contribution in [1.82, 2.24) is 4.90 Å². The molecule has 0 fully saturated rings. The van der Waals surface area contributed by atoms with E-state index in [9.17, 15) is 9.90 Å². The Labute approximate surface area is 111 Å². The van der Waals surface area contributed by atoms with Crippen molar-refractivity contribution in [3.63, 3.8) is 0 Å². The Balaban J connectivity index is 3.04. The molecule has 0 unspecified atom stereocenters. The number of carbonyl (C=O) groups excluding carboxylic acids is 1. The summed E-state index contributed by atoms with van der Waals surface area (Å²) in [5.41, 5.74) is 0.349. The van der Waals surface area contributed by atoms with E-state index in [0.29, 0.717) is 12.1 Å². The summed E-state index contributed by atoms with van der Waals surface area (Å²) in [5.74, 6) is -0.0967. The highest BCUT2D eigenvalue weighted by Gasteiger charge is 2.20. The highest BCUT2D eigenvalue weighted by molar-refractivity contribution is 9.10. The zero-order valence-corrected chi connectivity index (χ0v) is 12.0. The molecule has 0 saturated heterocycles. The quantitative estimate of drug-likeness (QED) is 0.925. The summed E-state index contributed by atoms with van der Waals surface area (Å²) in [4.78, 5) is 14.1. The Morgan fingerprint density at radius 2 is 2.12 bits per heavy atom. The molecule has 0 spiro atoms. The van der Waals surface area contributed by atoms with Crippen molar-refractivity contribution in [2.45, 2.75) is 33.2 Å². The summed E-state index contributed by atoms with van der Waals surface area (Å²) < 4.78 is 0.791. The molecule has 1 N–H and O–H groups in total. The smallest absolute Gasteiger partial charge is 0.257 e. The maximum absolute atomic E-state index is 12.3. The molecule has 0 aliphatic rings. The summed E-state index contributed by atoms with van der Waals surface area (Å²) in [7, 11) is 0. The van der Waals surface area contributed by atoms with Crippen LogP contribution in [0.1, 0.15) is 37.6 Å². The van der Waals surface area contributed by atoms with E-state index in [0.717, 1.165) is 10.9 Å². The molecule has 0 aliphatic carbocycles. The van der Waals surface area contributed by atoms with E-state index in [-0.39, 0.29) is 17.7 Å². The molecule has 1 aromatic carbocycles. The molecule has 0 aliphatic heterocycles. The molecule has 1 aromatic rings. The first-order valence-corrected chi connectivity index (χ1v) is 6.56. The van der Waals surface area contributed by atoms with Gasteiger partial charge in [-0.3, -0.25) is 4.79 Å². The Bertz CT molecular complexity index is 404. The fraction of sp³-hybridized carbons (Fsp3) is 0.462. The zero-order valence-electron chi connectivity index (χ0n) is 10.4. The minimum Gasteiger partial charge on any atom is -0.507 e. The van der Waals surface area contributed by atoms with E-state index in [1.165, 1.54) is 6.07 Å². The van der Waals surface area contributed by atoms with Gasteiger partial charge in [-0.05, 0) is 38.5 Å². The topological polar surface area (TPSA) is 40.5 Å². The van der Waals surface area contributed by atoms with Crippen LogP contribution in [0.2, 0.25) is 0 Å². The maximum atomic E-state index is 12.3. The second-order valence-electron chi connectivity index (χ2n) is 4.25. The fourth-order valence-electron chi connectivity index (χ4n) is 1.67. The van der Waals surface area contributed by atoms with Gasteiger partial charge < -0.3 is 10.0 Å². The molecule has 0 saturated carbocycles. The first kappa shape index (κ1) is 14.0. The standard InChI is InChI=1S/C13H18BrNO2/c1-4-7-15(9(2)3)13(17)11-8-10(14)5-6-12(11)16/h5-6,8-9,16H,4,7H2,1-3H3. The minimum absolute atomic E-state index is 0.0277. The Kier molecular flexibility index (Phi) is 5.00. The van der Waals surface area contributed by atoms with E-state index >= 15 is 0 Å². The van der Waals surface area contributed by atoms with E-state index in [1.54, 1.807) is 17.0 Å². The van der Waals surface area contributed by atoms with Crippen LogP contribution in [-0.2, 0) is 0 Å². The van der Waals surface area contributed by atoms with Gasteiger partial charge in [0.05, 0.1) is 5.56 Å². The first-order valence-electron chi connectivity index (χ1n) is 5.76. The third kappa shape index (κ3) is 3.46. The summed E-state index contributed by atoms with van der Waals surface area (Å²) in [6, 6.07) is 5.02. The van der Waals surface area contributed by atoms with Crippen LogP contribution in [-0.4, -0.2) is 28.5 Å². The van der Waals surface area contributed by atoms with Gasteiger partial charge in [0.2, 0.25) is 0 Å². The van der Waals surface area contributed by atoms with Gasteiger partial charge >= 0.3 is 0 Å². The number of phenols is 1. The molecular formula is C13H18BrNO2. The van der Waals surface area contributed by atoms with Crippen molar-refractivity contribution < 1.29 is 9.90 Å². The van der Waals surface area contributed by atoms with Crippen LogP contribution in [0.25, 0.3) is 0 Å². The summed E-state index contributed by atoms with van der Waals surface area (Å²) in [6.07, 6.45) is 0.901. The number of aromatic hydroxyl groups is 1. The molecule has 0 bridgehead atoms. The molecule has 0 radical (unpaired) electrons. The number of rotatable bonds is 4. The largest absolute Gasteiger partial charge is 0.507 e. The van der Waals surface area contributed by atoms with E-state index in [1.807, 2.05) is 20.8 Å². The number of benzene rings is 1. The Morgan fingerprint density at radius 1 is 1.47 bits per heavy atom. The summed E-state index contributed by atoms with van der Waals surface area (Å²) in [5, 5.41) is 9.74. The maximum Gasteiger partial charge on any atom is 0.257 e. The second kappa shape index (κ2) is 6.05. The Morgan fingerprint density at radius 3 is 2.65 bits per heavy atom. The predicted octanol–water partition coefficient (Wildman–Crippen LogP) is 3.42. The third-order valence-corrected chi connectivity index (χ3v) is 3.03. The lowest BCUT2D eigenvalue weighted by Gasteiger charge is -2.26. The molecule has 0 heterocycles. The van der Waals surface area contributed by atoms with Gasteiger partial charge in [0.1, 0.15) is 5.75 Å². The van der Waals surface area contributed by atoms with Crippen molar-refractivity contribution in [3.8, 4) is 5.75 Å². The predicted molar refractivity (Wildman–Crippen MR) is 72.3 cm³/mol. The van der Waals surface area contributed by atoms with Crippen LogP contribution in [0.3, 0.4) is 0 Å². The number of hydrogen-bond acceptors (Lipinski definition) is 2. The molecule has 17 heavy (non-hydrogen) atoms. The van der Waals surface area contributed by atoms with Gasteiger partial charge in [0.15, 0.2) is 0 Å². The summed E-state index contributed by atoms with van der Waals surface area (Å²) >= 11 is 3.31. The van der Waals surface area contributed by atoms with Gasteiger partial charge in [-0.2, -0.15) is 0 Å². The van der Waals surface area contributed by atoms with Crippen LogP contribution in [0.4, 0.5) is 0 Å². The van der Waals surface area contributed by atoms with Crippen molar-refractivity contribution in [2.75, 3.05) is 6.54 Å². The van der Waals surface area contributed by atoms with Crippen molar-refractivity contribution in [2.24, 2.45) is 0 Å². The van der Waals surface area contributed by atoms with Gasteiger partial charge in [-0.15, -0.1) is 0 Å². The number of carbonyl (C=O) groups is 1. The molecule has 1 rings (SSSR count). The molecule has 94 valence electrons. The van der Waals surface area contributed by atoms with Gasteiger partial charge in [0, 0.05) is 17.1 Å². The third-order valence-electron chi connectivity index (χ3n) is 2.54. The first-order chi connectivity index (χ1) is 7.97. The normalized spacial score (nSPS) is 10.6. The van der Waals surface area contributed by atoms with Crippen LogP contribution in [0, 0.1) is 0 Å². The number of hydrogen-bond donors (Lipinski definition) is 1.